The Morgan fingerprint density at radius 3 is 2.58 bits per heavy atom. The molecule has 0 aliphatic carbocycles. The Balaban J connectivity index is 2.44. The molecule has 0 bridgehead atoms. The van der Waals surface area contributed by atoms with Crippen LogP contribution in [0.2, 0.25) is 0 Å². The van der Waals surface area contributed by atoms with Crippen LogP contribution in [0.3, 0.4) is 0 Å². The number of hydrogen-bond acceptors (Lipinski definition) is 6. The standard InChI is InChI=1S/C11H12N2O6/c1-18-8(14)2-3-9(15)19-5-4-7-6-12-11(17)13-10(7)16/h2-3,6H,4-5H2,1H3,(H2,12,13,16,17)/b3-2+. The van der Waals surface area contributed by atoms with Gasteiger partial charge in [-0.15, -0.1) is 0 Å². The van der Waals surface area contributed by atoms with Gasteiger partial charge in [0.05, 0.1) is 13.7 Å². The minimum absolute atomic E-state index is 0.0561. The minimum Gasteiger partial charge on any atom is -0.466 e. The van der Waals surface area contributed by atoms with E-state index in [-0.39, 0.29) is 18.6 Å². The van der Waals surface area contributed by atoms with E-state index in [1.165, 1.54) is 13.3 Å². The van der Waals surface area contributed by atoms with Crippen molar-refractivity contribution in [2.24, 2.45) is 0 Å². The van der Waals surface area contributed by atoms with E-state index in [9.17, 15) is 19.2 Å². The lowest BCUT2D eigenvalue weighted by Crippen LogP contribution is -2.25. The van der Waals surface area contributed by atoms with E-state index >= 15 is 0 Å². The zero-order valence-corrected chi connectivity index (χ0v) is 10.1. The van der Waals surface area contributed by atoms with Gasteiger partial charge in [0.25, 0.3) is 5.56 Å². The molecule has 1 heterocycles. The molecule has 2 N–H and O–H groups in total. The molecule has 0 saturated heterocycles. The van der Waals surface area contributed by atoms with Crippen molar-refractivity contribution < 1.29 is 19.1 Å². The van der Waals surface area contributed by atoms with Crippen molar-refractivity contribution in [2.75, 3.05) is 13.7 Å². The van der Waals surface area contributed by atoms with Crippen LogP contribution in [0.15, 0.2) is 27.9 Å². The third kappa shape index (κ3) is 5.02. The monoisotopic (exact) mass is 268 g/mol. The van der Waals surface area contributed by atoms with E-state index in [1.807, 2.05) is 4.98 Å². The predicted molar refractivity (Wildman–Crippen MR) is 63.5 cm³/mol. The van der Waals surface area contributed by atoms with Crippen LogP contribution in [0.1, 0.15) is 5.56 Å². The summed E-state index contributed by atoms with van der Waals surface area (Å²) in [6.07, 6.45) is 3.24. The average Bonchev–Trinajstić information content (AvgIpc) is 2.38. The lowest BCUT2D eigenvalue weighted by molar-refractivity contribution is -0.139. The molecule has 0 fully saturated rings. The number of carbonyl (C=O) groups excluding carboxylic acids is 2. The molecular weight excluding hydrogens is 256 g/mol. The minimum atomic E-state index is -0.730. The van der Waals surface area contributed by atoms with Crippen molar-refractivity contribution in [2.45, 2.75) is 6.42 Å². The zero-order valence-electron chi connectivity index (χ0n) is 10.1. The summed E-state index contributed by atoms with van der Waals surface area (Å²) in [7, 11) is 1.18. The molecule has 0 aromatic carbocycles. The van der Waals surface area contributed by atoms with Crippen LogP contribution >= 0.6 is 0 Å². The lowest BCUT2D eigenvalue weighted by atomic mass is 10.2. The molecule has 0 atom stereocenters. The van der Waals surface area contributed by atoms with Gasteiger partial charge in [-0.05, 0) is 0 Å². The molecule has 8 nitrogen and oxygen atoms in total. The first kappa shape index (κ1) is 14.4. The van der Waals surface area contributed by atoms with E-state index in [0.717, 1.165) is 12.2 Å². The largest absolute Gasteiger partial charge is 0.466 e. The van der Waals surface area contributed by atoms with Gasteiger partial charge in [0.2, 0.25) is 0 Å². The first-order chi connectivity index (χ1) is 9.02. The Hall–Kier alpha value is -2.64. The Bertz CT molecular complexity index is 598. The van der Waals surface area contributed by atoms with Crippen LogP contribution in [0.4, 0.5) is 0 Å². The Kier molecular flexibility index (Phi) is 5.27. The van der Waals surface area contributed by atoms with Gasteiger partial charge in [-0.3, -0.25) is 9.78 Å². The first-order valence-electron chi connectivity index (χ1n) is 5.26. The highest BCUT2D eigenvalue weighted by molar-refractivity contribution is 5.91. The van der Waals surface area contributed by atoms with Crippen LogP contribution in [-0.4, -0.2) is 35.6 Å². The number of aromatic nitrogens is 2. The van der Waals surface area contributed by atoms with Gasteiger partial charge < -0.3 is 14.5 Å². The quantitative estimate of drug-likeness (QED) is 0.515. The number of aromatic amines is 2. The normalized spacial score (nSPS) is 10.4. The molecule has 1 aromatic rings. The molecule has 1 rings (SSSR count). The smallest absolute Gasteiger partial charge is 0.331 e. The zero-order chi connectivity index (χ0) is 14.3. The summed E-state index contributed by atoms with van der Waals surface area (Å²) in [6, 6.07) is 0. The topological polar surface area (TPSA) is 118 Å². The van der Waals surface area contributed by atoms with E-state index in [1.54, 1.807) is 0 Å². The highest BCUT2D eigenvalue weighted by Gasteiger charge is 2.03. The number of H-pyrrole nitrogens is 2. The maximum atomic E-state index is 11.3. The van der Waals surface area contributed by atoms with Gasteiger partial charge in [-0.25, -0.2) is 14.4 Å². The van der Waals surface area contributed by atoms with E-state index in [4.69, 9.17) is 4.74 Å². The molecule has 0 aliphatic rings. The van der Waals surface area contributed by atoms with Gasteiger partial charge in [0.15, 0.2) is 0 Å². The third-order valence-corrected chi connectivity index (χ3v) is 2.07. The van der Waals surface area contributed by atoms with Crippen molar-refractivity contribution >= 4 is 11.9 Å². The summed E-state index contributed by atoms with van der Waals surface area (Å²) in [6.45, 7) is -0.0561. The fourth-order valence-corrected chi connectivity index (χ4v) is 1.14. The summed E-state index contributed by atoms with van der Waals surface area (Å²) in [5.41, 5.74) is -0.860. The van der Waals surface area contributed by atoms with Crippen molar-refractivity contribution in [3.63, 3.8) is 0 Å². The number of nitrogens with one attached hydrogen (secondary N) is 2. The van der Waals surface area contributed by atoms with E-state index in [0.29, 0.717) is 0 Å². The van der Waals surface area contributed by atoms with Crippen LogP contribution in [0.5, 0.6) is 0 Å². The van der Waals surface area contributed by atoms with E-state index in [2.05, 4.69) is 9.72 Å². The van der Waals surface area contributed by atoms with E-state index < -0.39 is 23.2 Å². The second-order valence-electron chi connectivity index (χ2n) is 3.37. The van der Waals surface area contributed by atoms with Gasteiger partial charge in [0, 0.05) is 30.3 Å². The maximum absolute atomic E-state index is 11.3. The summed E-state index contributed by atoms with van der Waals surface area (Å²) < 4.78 is 9.04. The molecule has 0 radical (unpaired) electrons. The van der Waals surface area contributed by atoms with Crippen molar-refractivity contribution in [3.05, 3.63) is 44.8 Å². The number of carbonyl (C=O) groups is 2. The molecule has 0 amide bonds. The number of methoxy groups -OCH3 is 1. The fraction of sp³-hybridized carbons (Fsp3) is 0.273. The van der Waals surface area contributed by atoms with Crippen molar-refractivity contribution in [3.8, 4) is 0 Å². The number of esters is 2. The van der Waals surface area contributed by atoms with Crippen LogP contribution in [0, 0.1) is 0 Å². The molecule has 0 saturated carbocycles. The molecule has 0 spiro atoms. The number of ether oxygens (including phenoxy) is 2. The molecule has 0 aliphatic heterocycles. The predicted octanol–water partition coefficient (Wildman–Crippen LogP) is -1.12. The average molecular weight is 268 g/mol. The lowest BCUT2D eigenvalue weighted by Gasteiger charge is -2.01. The van der Waals surface area contributed by atoms with Gasteiger partial charge in [-0.2, -0.15) is 0 Å². The highest BCUT2D eigenvalue weighted by atomic mass is 16.5. The summed E-state index contributed by atoms with van der Waals surface area (Å²) in [5.74, 6) is -1.40. The fourth-order valence-electron chi connectivity index (χ4n) is 1.14. The summed E-state index contributed by atoms with van der Waals surface area (Å²) in [4.78, 5) is 48.2. The Morgan fingerprint density at radius 1 is 1.26 bits per heavy atom. The SMILES string of the molecule is COC(=O)/C=C/C(=O)OCCc1c[nH]c(=O)[nH]c1=O. The summed E-state index contributed by atoms with van der Waals surface area (Å²) in [5, 5.41) is 0. The molecule has 0 unspecified atom stereocenters. The van der Waals surface area contributed by atoms with Crippen molar-refractivity contribution in [1.82, 2.24) is 9.97 Å². The van der Waals surface area contributed by atoms with Crippen LogP contribution < -0.4 is 11.2 Å². The van der Waals surface area contributed by atoms with Gasteiger partial charge in [-0.1, -0.05) is 0 Å². The third-order valence-electron chi connectivity index (χ3n) is 2.07. The molecule has 19 heavy (non-hydrogen) atoms. The molecule has 102 valence electrons. The second-order valence-corrected chi connectivity index (χ2v) is 3.37. The van der Waals surface area contributed by atoms with Gasteiger partial charge >= 0.3 is 17.6 Å². The number of rotatable bonds is 5. The summed E-state index contributed by atoms with van der Waals surface area (Å²) >= 11 is 0. The molecular formula is C11H12N2O6. The molecule has 1 aromatic heterocycles. The molecule has 8 heteroatoms. The Labute approximate surface area is 107 Å². The first-order valence-corrected chi connectivity index (χ1v) is 5.26. The second kappa shape index (κ2) is 6.94. The van der Waals surface area contributed by atoms with Crippen molar-refractivity contribution in [1.29, 1.82) is 0 Å². The van der Waals surface area contributed by atoms with Crippen LogP contribution in [0.25, 0.3) is 0 Å². The van der Waals surface area contributed by atoms with Crippen LogP contribution in [-0.2, 0) is 25.5 Å². The highest BCUT2D eigenvalue weighted by Crippen LogP contribution is 1.90. The maximum Gasteiger partial charge on any atom is 0.331 e. The Morgan fingerprint density at radius 2 is 1.95 bits per heavy atom. The van der Waals surface area contributed by atoms with Gasteiger partial charge in [0.1, 0.15) is 0 Å². The number of hydrogen-bond donors (Lipinski definition) is 2.